The molecule has 12 heavy (non-hydrogen) atoms. The molecular formula is C8H9NO3. The Labute approximate surface area is 69.4 Å². The van der Waals surface area contributed by atoms with Gasteiger partial charge in [0, 0.05) is 0 Å². The van der Waals surface area contributed by atoms with Crippen LogP contribution in [0.3, 0.4) is 0 Å². The highest BCUT2D eigenvalue weighted by Gasteiger charge is 1.99. The van der Waals surface area contributed by atoms with Crippen molar-refractivity contribution in [3.63, 3.8) is 0 Å². The quantitative estimate of drug-likeness (QED) is 0.590. The minimum absolute atomic E-state index is 0.0322. The van der Waals surface area contributed by atoms with Gasteiger partial charge in [0.25, 0.3) is 0 Å². The molecule has 0 fully saturated rings. The SMILES string of the molecule is O=C(O)Cc1cccc(NO)c1. The highest BCUT2D eigenvalue weighted by atomic mass is 16.5. The monoisotopic (exact) mass is 167 g/mol. The van der Waals surface area contributed by atoms with Gasteiger partial charge in [-0.05, 0) is 17.7 Å². The lowest BCUT2D eigenvalue weighted by molar-refractivity contribution is -0.136. The van der Waals surface area contributed by atoms with Crippen LogP contribution >= 0.6 is 0 Å². The van der Waals surface area contributed by atoms with Gasteiger partial charge in [-0.1, -0.05) is 12.1 Å². The highest BCUT2D eigenvalue weighted by molar-refractivity contribution is 5.70. The molecule has 0 aliphatic rings. The van der Waals surface area contributed by atoms with Gasteiger partial charge in [-0.15, -0.1) is 0 Å². The van der Waals surface area contributed by atoms with Crippen molar-refractivity contribution in [2.45, 2.75) is 6.42 Å². The van der Waals surface area contributed by atoms with Crippen LogP contribution in [-0.2, 0) is 11.2 Å². The average Bonchev–Trinajstić information content (AvgIpc) is 2.03. The van der Waals surface area contributed by atoms with Gasteiger partial charge < -0.3 is 5.11 Å². The number of carboxylic acids is 1. The molecule has 0 bridgehead atoms. The topological polar surface area (TPSA) is 69.6 Å². The molecule has 4 nitrogen and oxygen atoms in total. The van der Waals surface area contributed by atoms with Crippen LogP contribution in [0.4, 0.5) is 5.69 Å². The summed E-state index contributed by atoms with van der Waals surface area (Å²) >= 11 is 0. The first-order valence-corrected chi connectivity index (χ1v) is 3.43. The van der Waals surface area contributed by atoms with Crippen LogP contribution in [0, 0.1) is 0 Å². The summed E-state index contributed by atoms with van der Waals surface area (Å²) in [4.78, 5) is 10.3. The summed E-state index contributed by atoms with van der Waals surface area (Å²) in [6.45, 7) is 0. The van der Waals surface area contributed by atoms with Crippen molar-refractivity contribution in [1.82, 2.24) is 0 Å². The van der Waals surface area contributed by atoms with Crippen LogP contribution in [-0.4, -0.2) is 16.3 Å². The fourth-order valence-corrected chi connectivity index (χ4v) is 0.925. The third-order valence-electron chi connectivity index (χ3n) is 1.41. The summed E-state index contributed by atoms with van der Waals surface area (Å²) in [6, 6.07) is 6.59. The lowest BCUT2D eigenvalue weighted by Gasteiger charge is -2.00. The average molecular weight is 167 g/mol. The van der Waals surface area contributed by atoms with Crippen LogP contribution in [0.1, 0.15) is 5.56 Å². The van der Waals surface area contributed by atoms with Crippen molar-refractivity contribution < 1.29 is 15.1 Å². The van der Waals surface area contributed by atoms with Crippen molar-refractivity contribution in [2.75, 3.05) is 5.48 Å². The molecule has 0 heterocycles. The molecule has 0 unspecified atom stereocenters. The molecule has 4 heteroatoms. The molecule has 1 rings (SSSR count). The largest absolute Gasteiger partial charge is 0.481 e. The Hall–Kier alpha value is -1.55. The molecule has 0 aromatic heterocycles. The lowest BCUT2D eigenvalue weighted by atomic mass is 10.1. The van der Waals surface area contributed by atoms with Gasteiger partial charge in [-0.25, -0.2) is 0 Å². The maximum Gasteiger partial charge on any atom is 0.307 e. The van der Waals surface area contributed by atoms with E-state index in [1.54, 1.807) is 24.3 Å². The summed E-state index contributed by atoms with van der Waals surface area (Å²) in [5.41, 5.74) is 3.10. The normalized spacial score (nSPS) is 9.42. The van der Waals surface area contributed by atoms with Crippen molar-refractivity contribution in [3.05, 3.63) is 29.8 Å². The zero-order valence-corrected chi connectivity index (χ0v) is 6.32. The number of rotatable bonds is 3. The van der Waals surface area contributed by atoms with Crippen molar-refractivity contribution in [3.8, 4) is 0 Å². The smallest absolute Gasteiger partial charge is 0.307 e. The summed E-state index contributed by atoms with van der Waals surface area (Å²) in [7, 11) is 0. The fourth-order valence-electron chi connectivity index (χ4n) is 0.925. The molecule has 0 saturated heterocycles. The number of carbonyl (C=O) groups is 1. The molecule has 0 aliphatic heterocycles. The summed E-state index contributed by atoms with van der Waals surface area (Å²) in [5, 5.41) is 16.9. The molecule has 0 aliphatic carbocycles. The second-order valence-electron chi connectivity index (χ2n) is 2.38. The molecule has 0 spiro atoms. The van der Waals surface area contributed by atoms with E-state index < -0.39 is 5.97 Å². The Morgan fingerprint density at radius 1 is 1.50 bits per heavy atom. The van der Waals surface area contributed by atoms with E-state index in [1.165, 1.54) is 0 Å². The Morgan fingerprint density at radius 2 is 2.25 bits per heavy atom. The number of nitrogens with one attached hydrogen (secondary N) is 1. The molecule has 0 atom stereocenters. The Morgan fingerprint density at radius 3 is 2.83 bits per heavy atom. The van der Waals surface area contributed by atoms with Crippen molar-refractivity contribution >= 4 is 11.7 Å². The van der Waals surface area contributed by atoms with Crippen LogP contribution in [0.15, 0.2) is 24.3 Å². The zero-order valence-electron chi connectivity index (χ0n) is 6.32. The van der Waals surface area contributed by atoms with Gasteiger partial charge in [-0.3, -0.25) is 15.5 Å². The van der Waals surface area contributed by atoms with Gasteiger partial charge in [-0.2, -0.15) is 0 Å². The number of benzene rings is 1. The first kappa shape index (κ1) is 8.55. The maximum absolute atomic E-state index is 10.3. The van der Waals surface area contributed by atoms with E-state index in [2.05, 4.69) is 0 Å². The minimum Gasteiger partial charge on any atom is -0.481 e. The standard InChI is InChI=1S/C8H9NO3/c10-8(11)5-6-2-1-3-7(4-6)9-12/h1-4,9,12H,5H2,(H,10,11). The molecule has 0 amide bonds. The van der Waals surface area contributed by atoms with E-state index >= 15 is 0 Å². The van der Waals surface area contributed by atoms with Crippen LogP contribution in [0.25, 0.3) is 0 Å². The van der Waals surface area contributed by atoms with Crippen LogP contribution in [0.5, 0.6) is 0 Å². The fraction of sp³-hybridized carbons (Fsp3) is 0.125. The van der Waals surface area contributed by atoms with Crippen LogP contribution < -0.4 is 5.48 Å². The predicted octanol–water partition coefficient (Wildman–Crippen LogP) is 1.11. The molecule has 3 N–H and O–H groups in total. The lowest BCUT2D eigenvalue weighted by Crippen LogP contribution is -2.00. The number of aliphatic carboxylic acids is 1. The van der Waals surface area contributed by atoms with Gasteiger partial charge in [0.15, 0.2) is 0 Å². The van der Waals surface area contributed by atoms with Crippen molar-refractivity contribution in [2.24, 2.45) is 0 Å². The number of carboxylic acid groups (broad SMARTS) is 1. The molecular weight excluding hydrogens is 158 g/mol. The summed E-state index contributed by atoms with van der Waals surface area (Å²) in [6.07, 6.45) is -0.0322. The predicted molar refractivity (Wildman–Crippen MR) is 43.2 cm³/mol. The molecule has 0 radical (unpaired) electrons. The number of hydrogen-bond donors (Lipinski definition) is 3. The maximum atomic E-state index is 10.3. The van der Waals surface area contributed by atoms with Gasteiger partial charge in [0.05, 0.1) is 12.1 Å². The first-order chi connectivity index (χ1) is 5.72. The van der Waals surface area contributed by atoms with Gasteiger partial charge in [0.2, 0.25) is 0 Å². The second-order valence-corrected chi connectivity index (χ2v) is 2.38. The van der Waals surface area contributed by atoms with Crippen LogP contribution in [0.2, 0.25) is 0 Å². The third kappa shape index (κ3) is 2.25. The Bertz CT molecular complexity index is 285. The Kier molecular flexibility index (Phi) is 2.66. The second kappa shape index (κ2) is 3.73. The van der Waals surface area contributed by atoms with E-state index in [0.717, 1.165) is 0 Å². The molecule has 1 aromatic rings. The first-order valence-electron chi connectivity index (χ1n) is 3.43. The molecule has 64 valence electrons. The third-order valence-corrected chi connectivity index (χ3v) is 1.41. The van der Waals surface area contributed by atoms with E-state index in [9.17, 15) is 4.79 Å². The molecule has 1 aromatic carbocycles. The molecule has 0 saturated carbocycles. The zero-order chi connectivity index (χ0) is 8.97. The van der Waals surface area contributed by atoms with Crippen molar-refractivity contribution in [1.29, 1.82) is 0 Å². The summed E-state index contributed by atoms with van der Waals surface area (Å²) < 4.78 is 0. The van der Waals surface area contributed by atoms with E-state index in [1.807, 2.05) is 5.48 Å². The van der Waals surface area contributed by atoms with E-state index in [0.29, 0.717) is 11.3 Å². The van der Waals surface area contributed by atoms with Gasteiger partial charge in [0.1, 0.15) is 0 Å². The minimum atomic E-state index is -0.884. The van der Waals surface area contributed by atoms with E-state index in [4.69, 9.17) is 10.3 Å². The Balaban J connectivity index is 2.79. The van der Waals surface area contributed by atoms with Gasteiger partial charge >= 0.3 is 5.97 Å². The highest BCUT2D eigenvalue weighted by Crippen LogP contribution is 2.09. The van der Waals surface area contributed by atoms with E-state index in [-0.39, 0.29) is 6.42 Å². The number of anilines is 1. The summed E-state index contributed by atoms with van der Waals surface area (Å²) in [5.74, 6) is -0.884. The number of hydrogen-bond acceptors (Lipinski definition) is 3.